The second-order valence-electron chi connectivity index (χ2n) is 8.55. The molecular weight excluding hydrogens is 444 g/mol. The molecule has 2 aromatic rings. The predicted octanol–water partition coefficient (Wildman–Crippen LogP) is 4.03. The Bertz CT molecular complexity index is 1130. The van der Waals surface area contributed by atoms with Crippen LogP contribution in [0.2, 0.25) is 5.02 Å². The largest absolute Gasteiger partial charge is 0.368 e. The van der Waals surface area contributed by atoms with Gasteiger partial charge in [0.15, 0.2) is 0 Å². The fraction of sp³-hybridized carbons (Fsp3) is 0.333. The molecule has 0 spiro atoms. The Balaban J connectivity index is 1.37. The van der Waals surface area contributed by atoms with Crippen LogP contribution in [-0.4, -0.2) is 42.9 Å². The van der Waals surface area contributed by atoms with Crippen LogP contribution in [0.5, 0.6) is 0 Å². The Hall–Kier alpha value is -3.39. The summed E-state index contributed by atoms with van der Waals surface area (Å²) in [5, 5.41) is 12.6. The van der Waals surface area contributed by atoms with E-state index in [0.29, 0.717) is 49.7 Å². The van der Waals surface area contributed by atoms with Crippen molar-refractivity contribution in [1.29, 1.82) is 0 Å². The van der Waals surface area contributed by atoms with Gasteiger partial charge in [0.1, 0.15) is 5.69 Å². The van der Waals surface area contributed by atoms with E-state index in [1.165, 1.54) is 6.07 Å². The molecule has 2 aromatic carbocycles. The van der Waals surface area contributed by atoms with E-state index in [9.17, 15) is 19.7 Å². The zero-order chi connectivity index (χ0) is 23.1. The summed E-state index contributed by atoms with van der Waals surface area (Å²) in [5.41, 5.74) is 1.69. The number of hydrogen-bond donors (Lipinski definition) is 0. The SMILES string of the molecule is O=C1[C@@H]2CC=CC[C@H]2C(=O)N1c1ccc(N2CCN(c3cccc(Cl)c3)CC2)c([N+](=O)[O-])c1. The number of nitrogens with zero attached hydrogens (tertiary/aromatic N) is 4. The standard InChI is InChI=1S/C24H23ClN4O4/c25-16-4-3-5-17(14-16)26-10-12-27(13-11-26)21-9-8-18(15-22(21)29(32)33)28-23(30)19-6-1-2-7-20(19)24(28)31/h1-5,8-9,14-15,19-20H,6-7,10-13H2/t19-,20-/m1/s1. The summed E-state index contributed by atoms with van der Waals surface area (Å²) in [4.78, 5) is 42.6. The van der Waals surface area contributed by atoms with Crippen molar-refractivity contribution in [3.8, 4) is 0 Å². The van der Waals surface area contributed by atoms with Gasteiger partial charge in [-0.3, -0.25) is 19.7 Å². The topological polar surface area (TPSA) is 87.0 Å². The molecule has 2 saturated heterocycles. The Labute approximate surface area is 196 Å². The summed E-state index contributed by atoms with van der Waals surface area (Å²) >= 11 is 6.11. The summed E-state index contributed by atoms with van der Waals surface area (Å²) in [5.74, 6) is -1.29. The lowest BCUT2D eigenvalue weighted by molar-refractivity contribution is -0.384. The van der Waals surface area contributed by atoms with Crippen molar-refractivity contribution < 1.29 is 14.5 Å². The zero-order valence-electron chi connectivity index (χ0n) is 17.9. The molecule has 0 radical (unpaired) electrons. The van der Waals surface area contributed by atoms with Crippen molar-refractivity contribution in [2.75, 3.05) is 40.9 Å². The Morgan fingerprint density at radius 2 is 1.48 bits per heavy atom. The molecule has 170 valence electrons. The van der Waals surface area contributed by atoms with E-state index < -0.39 is 4.92 Å². The predicted molar refractivity (Wildman–Crippen MR) is 127 cm³/mol. The van der Waals surface area contributed by atoms with Gasteiger partial charge >= 0.3 is 0 Å². The lowest BCUT2D eigenvalue weighted by Crippen LogP contribution is -2.46. The molecule has 0 N–H and O–H groups in total. The Kier molecular flexibility index (Phi) is 5.54. The number of piperazine rings is 1. The summed E-state index contributed by atoms with van der Waals surface area (Å²) < 4.78 is 0. The van der Waals surface area contributed by atoms with E-state index in [1.807, 2.05) is 41.3 Å². The van der Waals surface area contributed by atoms with Gasteiger partial charge in [0.05, 0.1) is 22.4 Å². The molecule has 3 aliphatic rings. The normalized spacial score (nSPS) is 22.6. The number of benzene rings is 2. The van der Waals surface area contributed by atoms with Crippen molar-refractivity contribution in [3.05, 3.63) is 69.8 Å². The lowest BCUT2D eigenvalue weighted by Gasteiger charge is -2.37. The van der Waals surface area contributed by atoms with Gasteiger partial charge in [-0.2, -0.15) is 0 Å². The highest BCUT2D eigenvalue weighted by Gasteiger charge is 2.48. The van der Waals surface area contributed by atoms with Crippen molar-refractivity contribution >= 4 is 46.2 Å². The first-order chi connectivity index (χ1) is 15.9. The van der Waals surface area contributed by atoms with Crippen LogP contribution in [0.15, 0.2) is 54.6 Å². The second-order valence-corrected chi connectivity index (χ2v) is 8.99. The van der Waals surface area contributed by atoms with Crippen LogP contribution in [0.1, 0.15) is 12.8 Å². The lowest BCUT2D eigenvalue weighted by atomic mass is 9.85. The highest BCUT2D eigenvalue weighted by atomic mass is 35.5. The molecule has 5 rings (SSSR count). The minimum Gasteiger partial charge on any atom is -0.368 e. The number of carbonyl (C=O) groups excluding carboxylic acids is 2. The number of hydrogen-bond acceptors (Lipinski definition) is 6. The maximum absolute atomic E-state index is 12.9. The fourth-order valence-corrected chi connectivity index (χ4v) is 5.18. The van der Waals surface area contributed by atoms with Gasteiger partial charge < -0.3 is 9.80 Å². The minimum absolute atomic E-state index is 0.0997. The van der Waals surface area contributed by atoms with E-state index in [4.69, 9.17) is 11.6 Å². The van der Waals surface area contributed by atoms with Crippen molar-refractivity contribution in [1.82, 2.24) is 0 Å². The zero-order valence-corrected chi connectivity index (χ0v) is 18.6. The molecular formula is C24H23ClN4O4. The quantitative estimate of drug-likeness (QED) is 0.292. The molecule has 2 fully saturated rings. The number of fused-ring (bicyclic) bond motifs is 1. The molecule has 1 aliphatic carbocycles. The second kappa shape index (κ2) is 8.51. The van der Waals surface area contributed by atoms with Crippen molar-refractivity contribution in [2.45, 2.75) is 12.8 Å². The van der Waals surface area contributed by atoms with Gasteiger partial charge in [-0.25, -0.2) is 4.90 Å². The first-order valence-electron chi connectivity index (χ1n) is 11.0. The third kappa shape index (κ3) is 3.84. The van der Waals surface area contributed by atoms with Crippen LogP contribution in [0, 0.1) is 22.0 Å². The number of nitro benzene ring substituents is 1. The van der Waals surface area contributed by atoms with E-state index in [0.717, 1.165) is 10.6 Å². The van der Waals surface area contributed by atoms with Gasteiger partial charge in [0.25, 0.3) is 5.69 Å². The van der Waals surface area contributed by atoms with Gasteiger partial charge in [-0.05, 0) is 43.2 Å². The van der Waals surface area contributed by atoms with Crippen LogP contribution in [-0.2, 0) is 9.59 Å². The summed E-state index contributed by atoms with van der Waals surface area (Å²) in [6, 6.07) is 12.3. The first-order valence-corrected chi connectivity index (χ1v) is 11.4. The number of nitro groups is 1. The Morgan fingerprint density at radius 1 is 0.848 bits per heavy atom. The van der Waals surface area contributed by atoms with Gasteiger partial charge in [0, 0.05) is 43.0 Å². The van der Waals surface area contributed by atoms with Crippen LogP contribution in [0.4, 0.5) is 22.7 Å². The van der Waals surface area contributed by atoms with E-state index >= 15 is 0 Å². The number of halogens is 1. The summed E-state index contributed by atoms with van der Waals surface area (Å²) in [6.07, 6.45) is 4.90. The molecule has 2 aliphatic heterocycles. The van der Waals surface area contributed by atoms with Gasteiger partial charge in [0.2, 0.25) is 11.8 Å². The van der Waals surface area contributed by atoms with E-state index in [1.54, 1.807) is 12.1 Å². The number of rotatable bonds is 4. The van der Waals surface area contributed by atoms with Gasteiger partial charge in [-0.1, -0.05) is 29.8 Å². The molecule has 0 bridgehead atoms. The molecule has 2 amide bonds. The number of amides is 2. The van der Waals surface area contributed by atoms with Gasteiger partial charge in [-0.15, -0.1) is 0 Å². The average molecular weight is 467 g/mol. The van der Waals surface area contributed by atoms with E-state index in [-0.39, 0.29) is 35.0 Å². The monoisotopic (exact) mass is 466 g/mol. The number of imide groups is 1. The van der Waals surface area contributed by atoms with Crippen molar-refractivity contribution in [2.24, 2.45) is 11.8 Å². The number of allylic oxidation sites excluding steroid dienone is 2. The maximum atomic E-state index is 12.9. The third-order valence-corrected chi connectivity index (χ3v) is 6.95. The van der Waals surface area contributed by atoms with Crippen LogP contribution >= 0.6 is 11.6 Å². The Morgan fingerprint density at radius 3 is 2.09 bits per heavy atom. The van der Waals surface area contributed by atoms with Crippen molar-refractivity contribution in [3.63, 3.8) is 0 Å². The van der Waals surface area contributed by atoms with Crippen LogP contribution in [0.25, 0.3) is 0 Å². The molecule has 0 saturated carbocycles. The molecule has 9 heteroatoms. The minimum atomic E-state index is -0.443. The number of anilines is 3. The molecule has 2 atom stereocenters. The molecule has 0 unspecified atom stereocenters. The van der Waals surface area contributed by atoms with Crippen LogP contribution < -0.4 is 14.7 Å². The highest BCUT2D eigenvalue weighted by Crippen LogP contribution is 2.40. The highest BCUT2D eigenvalue weighted by molar-refractivity contribution is 6.30. The first kappa shape index (κ1) is 21.5. The number of carbonyl (C=O) groups is 2. The smallest absolute Gasteiger partial charge is 0.294 e. The molecule has 8 nitrogen and oxygen atoms in total. The maximum Gasteiger partial charge on any atom is 0.294 e. The summed E-state index contributed by atoms with van der Waals surface area (Å²) in [7, 11) is 0. The third-order valence-electron chi connectivity index (χ3n) is 6.72. The fourth-order valence-electron chi connectivity index (χ4n) is 5.00. The van der Waals surface area contributed by atoms with E-state index in [2.05, 4.69) is 4.90 Å². The van der Waals surface area contributed by atoms with Crippen LogP contribution in [0.3, 0.4) is 0 Å². The molecule has 0 aromatic heterocycles. The molecule has 2 heterocycles. The summed E-state index contributed by atoms with van der Waals surface area (Å²) in [6.45, 7) is 2.59. The average Bonchev–Trinajstić information content (AvgIpc) is 3.09. The molecule has 33 heavy (non-hydrogen) atoms.